The fourth-order valence-electron chi connectivity index (χ4n) is 5.26. The SMILES string of the molecule is C[C@H]1CN(C(=O)OC(C)(C)C)CCCN1c1nccc(C(=O)C#C[C@@]2(C)CCCc3sc(/N=C/N(C)C)c(C#N)c32)n1. The molecule has 1 fully saturated rings. The minimum atomic E-state index is -0.642. The predicted molar refractivity (Wildman–Crippen MR) is 165 cm³/mol. The molecule has 2 aromatic heterocycles. The Balaban J connectivity index is 1.55. The number of carbonyl (C=O) groups is 2. The lowest BCUT2D eigenvalue weighted by atomic mass is 9.73. The number of ether oxygens (including phenoxy) is 1. The number of aryl methyl sites for hydroxylation is 1. The molecule has 0 N–H and O–H groups in total. The van der Waals surface area contributed by atoms with Gasteiger partial charge in [-0.15, -0.1) is 11.3 Å². The van der Waals surface area contributed by atoms with Gasteiger partial charge in [-0.25, -0.2) is 19.8 Å². The molecule has 0 aromatic carbocycles. The number of ketones is 1. The van der Waals surface area contributed by atoms with Crippen LogP contribution in [-0.2, 0) is 16.6 Å². The second kappa shape index (κ2) is 12.5. The van der Waals surface area contributed by atoms with Gasteiger partial charge in [0.15, 0.2) is 0 Å². The number of nitrogens with zero attached hydrogens (tertiary/aromatic N) is 7. The summed E-state index contributed by atoms with van der Waals surface area (Å²) in [5.74, 6) is 6.09. The largest absolute Gasteiger partial charge is 0.444 e. The van der Waals surface area contributed by atoms with Crippen molar-refractivity contribution in [1.29, 1.82) is 5.26 Å². The number of aromatic nitrogens is 2. The molecule has 1 amide bonds. The van der Waals surface area contributed by atoms with Crippen molar-refractivity contribution in [2.45, 2.75) is 77.4 Å². The minimum Gasteiger partial charge on any atom is -0.444 e. The van der Waals surface area contributed by atoms with Crippen LogP contribution in [0.3, 0.4) is 0 Å². The van der Waals surface area contributed by atoms with Crippen LogP contribution < -0.4 is 4.90 Å². The van der Waals surface area contributed by atoms with Crippen LogP contribution in [0.4, 0.5) is 15.7 Å². The van der Waals surface area contributed by atoms with Gasteiger partial charge in [0.1, 0.15) is 22.4 Å². The number of hydrogen-bond donors (Lipinski definition) is 0. The van der Waals surface area contributed by atoms with E-state index in [4.69, 9.17) is 4.74 Å². The summed E-state index contributed by atoms with van der Waals surface area (Å²) in [6, 6.07) is 3.84. The number of carbonyl (C=O) groups excluding carboxylic acids is 2. The number of rotatable bonds is 4. The predicted octanol–water partition coefficient (Wildman–Crippen LogP) is 4.95. The first-order valence-corrected chi connectivity index (χ1v) is 15.0. The van der Waals surface area contributed by atoms with E-state index in [1.54, 1.807) is 23.5 Å². The smallest absolute Gasteiger partial charge is 0.410 e. The van der Waals surface area contributed by atoms with Gasteiger partial charge in [0, 0.05) is 56.4 Å². The highest BCUT2D eigenvalue weighted by molar-refractivity contribution is 7.16. The zero-order chi connectivity index (χ0) is 30.7. The van der Waals surface area contributed by atoms with Crippen LogP contribution in [0.2, 0.25) is 0 Å². The quantitative estimate of drug-likeness (QED) is 0.162. The normalized spacial score (nSPS) is 20.7. The third kappa shape index (κ3) is 7.08. The molecule has 1 aliphatic heterocycles. The molecule has 10 nitrogen and oxygen atoms in total. The first-order chi connectivity index (χ1) is 19.8. The summed E-state index contributed by atoms with van der Waals surface area (Å²) in [5, 5.41) is 10.7. The summed E-state index contributed by atoms with van der Waals surface area (Å²) in [6.07, 6.45) is 6.17. The highest BCUT2D eigenvalue weighted by Crippen LogP contribution is 2.47. The van der Waals surface area contributed by atoms with E-state index in [-0.39, 0.29) is 17.8 Å². The Bertz CT molecular complexity index is 1470. The Morgan fingerprint density at radius 1 is 1.29 bits per heavy atom. The van der Waals surface area contributed by atoms with Crippen LogP contribution in [0.15, 0.2) is 17.3 Å². The average Bonchev–Trinajstić information content (AvgIpc) is 3.18. The van der Waals surface area contributed by atoms with Crippen LogP contribution in [0, 0.1) is 23.2 Å². The topological polar surface area (TPSA) is 115 Å². The molecule has 222 valence electrons. The molecule has 2 atom stereocenters. The van der Waals surface area contributed by atoms with Crippen LogP contribution in [0.25, 0.3) is 0 Å². The van der Waals surface area contributed by atoms with E-state index in [1.807, 2.05) is 58.5 Å². The molecule has 0 bridgehead atoms. The van der Waals surface area contributed by atoms with Crippen LogP contribution in [0.1, 0.15) is 80.4 Å². The van der Waals surface area contributed by atoms with E-state index in [0.717, 1.165) is 29.7 Å². The lowest BCUT2D eigenvalue weighted by Gasteiger charge is -2.30. The van der Waals surface area contributed by atoms with Gasteiger partial charge in [0.25, 0.3) is 5.78 Å². The van der Waals surface area contributed by atoms with Gasteiger partial charge in [-0.3, -0.25) is 4.79 Å². The number of thiophene rings is 1. The fourth-order valence-corrected chi connectivity index (χ4v) is 6.52. The van der Waals surface area contributed by atoms with E-state index in [9.17, 15) is 14.9 Å². The van der Waals surface area contributed by atoms with Crippen molar-refractivity contribution >= 4 is 40.5 Å². The standard InChI is InChI=1S/C31H39N7O3S/c1-21-19-37(29(40)41-30(2,3)4)16-9-17-38(21)28-33-15-12-23(35-28)24(39)11-14-31(5)13-8-10-25-26(31)22(18-32)27(42-25)34-20-36(6)7/h12,15,20-21H,8-10,13,16-17,19H2,1-7H3/b34-20+/t21-,31+/m0/s1. The number of hydrogen-bond acceptors (Lipinski definition) is 9. The van der Waals surface area contributed by atoms with Gasteiger partial charge in [0.2, 0.25) is 5.95 Å². The third-order valence-electron chi connectivity index (χ3n) is 7.19. The fraction of sp³-hybridized carbons (Fsp3) is 0.548. The number of amides is 1. The van der Waals surface area contributed by atoms with Gasteiger partial charge < -0.3 is 19.4 Å². The van der Waals surface area contributed by atoms with E-state index < -0.39 is 16.8 Å². The third-order valence-corrected chi connectivity index (χ3v) is 8.35. The lowest BCUT2D eigenvalue weighted by Crippen LogP contribution is -2.43. The Kier molecular flexibility index (Phi) is 9.22. The highest BCUT2D eigenvalue weighted by atomic mass is 32.1. The molecule has 2 aliphatic rings. The molecule has 42 heavy (non-hydrogen) atoms. The maximum atomic E-state index is 13.3. The minimum absolute atomic E-state index is 0.0802. The van der Waals surface area contributed by atoms with Crippen LogP contribution in [-0.4, -0.2) is 83.4 Å². The van der Waals surface area contributed by atoms with Gasteiger partial charge in [-0.05, 0) is 72.3 Å². The Labute approximate surface area is 252 Å². The number of nitriles is 1. The van der Waals surface area contributed by atoms with E-state index in [2.05, 4.69) is 32.9 Å². The van der Waals surface area contributed by atoms with Crippen molar-refractivity contribution in [3.8, 4) is 17.9 Å². The van der Waals surface area contributed by atoms with E-state index in [1.165, 1.54) is 11.3 Å². The van der Waals surface area contributed by atoms with Gasteiger partial charge in [0.05, 0.1) is 17.3 Å². The molecule has 3 heterocycles. The zero-order valence-corrected chi connectivity index (χ0v) is 26.3. The molecule has 0 unspecified atom stereocenters. The molecule has 2 aromatic rings. The Hall–Kier alpha value is -3.96. The average molecular weight is 590 g/mol. The highest BCUT2D eigenvalue weighted by Gasteiger charge is 2.37. The summed E-state index contributed by atoms with van der Waals surface area (Å²) in [7, 11) is 3.77. The summed E-state index contributed by atoms with van der Waals surface area (Å²) in [4.78, 5) is 46.2. The van der Waals surface area contributed by atoms with Crippen molar-refractivity contribution in [2.24, 2.45) is 4.99 Å². The first-order valence-electron chi connectivity index (χ1n) is 14.2. The first kappa shape index (κ1) is 31.0. The summed E-state index contributed by atoms with van der Waals surface area (Å²) in [6.45, 7) is 11.2. The van der Waals surface area contributed by atoms with E-state index in [0.29, 0.717) is 42.6 Å². The Morgan fingerprint density at radius 2 is 2.05 bits per heavy atom. The van der Waals surface area contributed by atoms with Crippen LogP contribution in [0.5, 0.6) is 0 Å². The van der Waals surface area contributed by atoms with Crippen molar-refractivity contribution in [1.82, 2.24) is 19.8 Å². The molecular weight excluding hydrogens is 550 g/mol. The number of Topliss-reactive ketones (excluding diaryl/α,β-unsaturated/α-hetero) is 1. The molecule has 4 rings (SSSR count). The van der Waals surface area contributed by atoms with E-state index >= 15 is 0 Å². The maximum absolute atomic E-state index is 13.3. The maximum Gasteiger partial charge on any atom is 0.410 e. The number of aliphatic imine (C=N–C) groups is 1. The van der Waals surface area contributed by atoms with Crippen molar-refractivity contribution in [3.05, 3.63) is 34.0 Å². The monoisotopic (exact) mass is 589 g/mol. The molecule has 0 spiro atoms. The molecule has 0 radical (unpaired) electrons. The summed E-state index contributed by atoms with van der Waals surface area (Å²) < 4.78 is 5.57. The second-order valence-corrected chi connectivity index (χ2v) is 13.3. The van der Waals surface area contributed by atoms with Gasteiger partial charge in [-0.2, -0.15) is 5.26 Å². The van der Waals surface area contributed by atoms with Crippen molar-refractivity contribution < 1.29 is 14.3 Å². The molecule has 11 heteroatoms. The lowest BCUT2D eigenvalue weighted by molar-refractivity contribution is 0.0251. The zero-order valence-electron chi connectivity index (χ0n) is 25.5. The van der Waals surface area contributed by atoms with Crippen molar-refractivity contribution in [3.63, 3.8) is 0 Å². The van der Waals surface area contributed by atoms with Crippen molar-refractivity contribution in [2.75, 3.05) is 38.6 Å². The number of fused-ring (bicyclic) bond motifs is 1. The summed E-state index contributed by atoms with van der Waals surface area (Å²) in [5.41, 5.74) is 0.440. The van der Waals surface area contributed by atoms with Crippen LogP contribution >= 0.6 is 11.3 Å². The summed E-state index contributed by atoms with van der Waals surface area (Å²) >= 11 is 1.53. The number of anilines is 1. The second-order valence-electron chi connectivity index (χ2n) is 12.2. The molecular formula is C31H39N7O3S. The Morgan fingerprint density at radius 3 is 2.74 bits per heavy atom. The molecule has 1 saturated heterocycles. The molecule has 1 aliphatic carbocycles. The van der Waals surface area contributed by atoms with Gasteiger partial charge >= 0.3 is 6.09 Å². The van der Waals surface area contributed by atoms with Gasteiger partial charge in [-0.1, -0.05) is 5.92 Å². The molecule has 0 saturated carbocycles.